The van der Waals surface area contributed by atoms with Gasteiger partial charge in [0, 0.05) is 6.54 Å². The largest absolute Gasteiger partial charge is 0.453 e. The highest BCUT2D eigenvalue weighted by molar-refractivity contribution is 5.66. The van der Waals surface area contributed by atoms with Crippen molar-refractivity contribution >= 4 is 6.09 Å². The minimum Gasteiger partial charge on any atom is -0.453 e. The second-order valence-corrected chi connectivity index (χ2v) is 4.92. The van der Waals surface area contributed by atoms with E-state index in [1.54, 1.807) is 0 Å². The Bertz CT molecular complexity index is 380. The lowest BCUT2D eigenvalue weighted by molar-refractivity contribution is 0.170. The van der Waals surface area contributed by atoms with E-state index in [0.29, 0.717) is 6.54 Å². The zero-order chi connectivity index (χ0) is 12.8. The fraction of sp³-hybridized carbons (Fsp3) is 0.533. The fourth-order valence-corrected chi connectivity index (χ4v) is 2.59. The summed E-state index contributed by atoms with van der Waals surface area (Å²) in [5.74, 6) is 0.737. The molecule has 0 atom stereocenters. The first-order valence-electron chi connectivity index (χ1n) is 6.70. The van der Waals surface area contributed by atoms with Crippen LogP contribution in [0.15, 0.2) is 24.3 Å². The fourth-order valence-electron chi connectivity index (χ4n) is 2.59. The second kappa shape index (κ2) is 6.43. The van der Waals surface area contributed by atoms with Crippen molar-refractivity contribution in [3.63, 3.8) is 0 Å². The van der Waals surface area contributed by atoms with Crippen LogP contribution in [-0.4, -0.2) is 13.2 Å². The van der Waals surface area contributed by atoms with Gasteiger partial charge in [0.05, 0.1) is 7.11 Å². The first-order valence-corrected chi connectivity index (χ1v) is 6.70. The molecule has 1 aromatic carbocycles. The summed E-state index contributed by atoms with van der Waals surface area (Å²) in [6, 6.07) is 8.59. The summed E-state index contributed by atoms with van der Waals surface area (Å²) < 4.78 is 4.54. The van der Waals surface area contributed by atoms with E-state index in [4.69, 9.17) is 0 Å². The van der Waals surface area contributed by atoms with E-state index in [1.165, 1.54) is 44.8 Å². The molecule has 1 saturated carbocycles. The summed E-state index contributed by atoms with van der Waals surface area (Å²) in [6.07, 6.45) is 6.36. The number of amides is 1. The second-order valence-electron chi connectivity index (χ2n) is 4.92. The molecule has 3 heteroatoms. The monoisotopic (exact) mass is 247 g/mol. The molecule has 0 heterocycles. The molecule has 1 aliphatic rings. The Hall–Kier alpha value is -1.51. The summed E-state index contributed by atoms with van der Waals surface area (Å²) in [5, 5.41) is 2.69. The summed E-state index contributed by atoms with van der Waals surface area (Å²) in [6.45, 7) is 0.525. The maximum absolute atomic E-state index is 11.0. The molecule has 0 aromatic heterocycles. The zero-order valence-corrected chi connectivity index (χ0v) is 10.9. The van der Waals surface area contributed by atoms with Crippen molar-refractivity contribution in [2.45, 2.75) is 44.6 Å². The molecule has 0 saturated heterocycles. The standard InChI is InChI=1S/C15H21NO2/c1-18-15(17)16-11-12-7-9-14(10-8-12)13-5-3-2-4-6-13/h7-10,13H,2-6,11H2,1H3,(H,16,17). The van der Waals surface area contributed by atoms with Gasteiger partial charge in [-0.2, -0.15) is 0 Å². The number of methoxy groups -OCH3 is 1. The molecular formula is C15H21NO2. The topological polar surface area (TPSA) is 38.3 Å². The minimum atomic E-state index is -0.383. The van der Waals surface area contributed by atoms with Gasteiger partial charge in [0.15, 0.2) is 0 Å². The van der Waals surface area contributed by atoms with E-state index in [1.807, 2.05) is 0 Å². The number of hydrogen-bond acceptors (Lipinski definition) is 2. The maximum Gasteiger partial charge on any atom is 0.407 e. The lowest BCUT2D eigenvalue weighted by Gasteiger charge is -2.22. The van der Waals surface area contributed by atoms with Gasteiger partial charge in [-0.05, 0) is 29.9 Å². The van der Waals surface area contributed by atoms with Crippen LogP contribution < -0.4 is 5.32 Å². The number of alkyl carbamates (subject to hydrolysis) is 1. The highest BCUT2D eigenvalue weighted by Crippen LogP contribution is 2.32. The SMILES string of the molecule is COC(=O)NCc1ccc(C2CCCCC2)cc1. The molecule has 1 amide bonds. The van der Waals surface area contributed by atoms with Crippen molar-refractivity contribution in [3.8, 4) is 0 Å². The van der Waals surface area contributed by atoms with Crippen molar-refractivity contribution in [3.05, 3.63) is 35.4 Å². The van der Waals surface area contributed by atoms with Crippen LogP contribution in [0.4, 0.5) is 4.79 Å². The smallest absolute Gasteiger partial charge is 0.407 e. The molecule has 3 nitrogen and oxygen atoms in total. The number of carbonyl (C=O) groups is 1. The normalized spacial score (nSPS) is 16.3. The third-order valence-corrected chi connectivity index (χ3v) is 3.68. The molecule has 0 unspecified atom stereocenters. The van der Waals surface area contributed by atoms with Gasteiger partial charge in [-0.1, -0.05) is 43.5 Å². The molecule has 18 heavy (non-hydrogen) atoms. The summed E-state index contributed by atoms with van der Waals surface area (Å²) in [7, 11) is 1.38. The maximum atomic E-state index is 11.0. The summed E-state index contributed by atoms with van der Waals surface area (Å²) in [4.78, 5) is 11.0. The first-order chi connectivity index (χ1) is 8.79. The van der Waals surface area contributed by atoms with Gasteiger partial charge >= 0.3 is 6.09 Å². The van der Waals surface area contributed by atoms with Crippen LogP contribution in [-0.2, 0) is 11.3 Å². The molecule has 0 bridgehead atoms. The minimum absolute atomic E-state index is 0.383. The number of nitrogens with one attached hydrogen (secondary N) is 1. The van der Waals surface area contributed by atoms with Crippen LogP contribution in [0.5, 0.6) is 0 Å². The van der Waals surface area contributed by atoms with E-state index in [-0.39, 0.29) is 6.09 Å². The van der Waals surface area contributed by atoms with E-state index < -0.39 is 0 Å². The Morgan fingerprint density at radius 2 is 1.89 bits per heavy atom. The number of benzene rings is 1. The quantitative estimate of drug-likeness (QED) is 0.886. The number of ether oxygens (including phenoxy) is 1. The predicted molar refractivity (Wildman–Crippen MR) is 71.5 cm³/mol. The molecule has 2 rings (SSSR count). The summed E-state index contributed by atoms with van der Waals surface area (Å²) >= 11 is 0. The molecule has 1 N–H and O–H groups in total. The van der Waals surface area contributed by atoms with Crippen LogP contribution in [0, 0.1) is 0 Å². The lowest BCUT2D eigenvalue weighted by atomic mass is 9.84. The van der Waals surface area contributed by atoms with E-state index in [0.717, 1.165) is 11.5 Å². The van der Waals surface area contributed by atoms with Crippen molar-refractivity contribution in [1.29, 1.82) is 0 Å². The lowest BCUT2D eigenvalue weighted by Crippen LogP contribution is -2.22. The Labute approximate surface area is 109 Å². The van der Waals surface area contributed by atoms with Crippen molar-refractivity contribution in [2.75, 3.05) is 7.11 Å². The summed E-state index contributed by atoms with van der Waals surface area (Å²) in [5.41, 5.74) is 2.55. The highest BCUT2D eigenvalue weighted by atomic mass is 16.5. The van der Waals surface area contributed by atoms with Gasteiger partial charge < -0.3 is 10.1 Å². The Morgan fingerprint density at radius 1 is 1.22 bits per heavy atom. The van der Waals surface area contributed by atoms with Crippen LogP contribution in [0.25, 0.3) is 0 Å². The van der Waals surface area contributed by atoms with E-state index in [2.05, 4.69) is 34.3 Å². The van der Waals surface area contributed by atoms with E-state index in [9.17, 15) is 4.79 Å². The van der Waals surface area contributed by atoms with E-state index >= 15 is 0 Å². The number of rotatable bonds is 3. The van der Waals surface area contributed by atoms with Gasteiger partial charge in [0.25, 0.3) is 0 Å². The van der Waals surface area contributed by atoms with Crippen molar-refractivity contribution in [2.24, 2.45) is 0 Å². The number of carbonyl (C=O) groups excluding carboxylic acids is 1. The van der Waals surface area contributed by atoms with Gasteiger partial charge in [-0.25, -0.2) is 4.79 Å². The Balaban J connectivity index is 1.90. The van der Waals surface area contributed by atoms with Crippen molar-refractivity contribution in [1.82, 2.24) is 5.32 Å². The third kappa shape index (κ3) is 3.49. The van der Waals surface area contributed by atoms with Gasteiger partial charge in [0.1, 0.15) is 0 Å². The molecule has 98 valence electrons. The molecule has 0 aliphatic heterocycles. The molecule has 1 aliphatic carbocycles. The van der Waals surface area contributed by atoms with Crippen molar-refractivity contribution < 1.29 is 9.53 Å². The third-order valence-electron chi connectivity index (χ3n) is 3.68. The molecule has 0 spiro atoms. The van der Waals surface area contributed by atoms with Gasteiger partial charge in [-0.15, -0.1) is 0 Å². The molecule has 1 fully saturated rings. The predicted octanol–water partition coefficient (Wildman–Crippen LogP) is 3.59. The molecule has 0 radical (unpaired) electrons. The molecular weight excluding hydrogens is 226 g/mol. The average molecular weight is 247 g/mol. The van der Waals surface area contributed by atoms with Gasteiger partial charge in [0.2, 0.25) is 0 Å². The van der Waals surface area contributed by atoms with Crippen LogP contribution in [0.2, 0.25) is 0 Å². The van der Waals surface area contributed by atoms with Crippen LogP contribution >= 0.6 is 0 Å². The average Bonchev–Trinajstić information content (AvgIpc) is 2.46. The van der Waals surface area contributed by atoms with Crippen LogP contribution in [0.3, 0.4) is 0 Å². The Kier molecular flexibility index (Phi) is 4.62. The number of hydrogen-bond donors (Lipinski definition) is 1. The zero-order valence-electron chi connectivity index (χ0n) is 10.9. The van der Waals surface area contributed by atoms with Gasteiger partial charge in [-0.3, -0.25) is 0 Å². The van der Waals surface area contributed by atoms with Crippen LogP contribution in [0.1, 0.15) is 49.1 Å². The molecule has 1 aromatic rings. The first kappa shape index (κ1) is 12.9. The Morgan fingerprint density at radius 3 is 2.50 bits per heavy atom. The highest BCUT2D eigenvalue weighted by Gasteiger charge is 2.14.